The van der Waals surface area contributed by atoms with Crippen molar-refractivity contribution in [2.24, 2.45) is 5.92 Å². The lowest BCUT2D eigenvalue weighted by Crippen LogP contribution is -2.35. The van der Waals surface area contributed by atoms with Gasteiger partial charge in [0.1, 0.15) is 0 Å². The van der Waals surface area contributed by atoms with Crippen LogP contribution in [0.5, 0.6) is 0 Å². The van der Waals surface area contributed by atoms with Gasteiger partial charge in [0.15, 0.2) is 5.79 Å². The molecule has 3 heteroatoms. The van der Waals surface area contributed by atoms with Crippen molar-refractivity contribution >= 4 is 0 Å². The lowest BCUT2D eigenvalue weighted by molar-refractivity contribution is -0.182. The van der Waals surface area contributed by atoms with Crippen molar-refractivity contribution in [2.45, 2.75) is 44.3 Å². The Balaban J connectivity index is 1.74. The van der Waals surface area contributed by atoms with Gasteiger partial charge >= 0.3 is 0 Å². The molecule has 1 saturated carbocycles. The normalized spacial score (nSPS) is 27.2. The highest BCUT2D eigenvalue weighted by molar-refractivity contribution is 4.82. The van der Waals surface area contributed by atoms with Crippen molar-refractivity contribution in [1.82, 2.24) is 0 Å². The van der Waals surface area contributed by atoms with Crippen molar-refractivity contribution in [3.63, 3.8) is 0 Å². The van der Waals surface area contributed by atoms with Crippen molar-refractivity contribution in [2.75, 3.05) is 19.8 Å². The third-order valence-electron chi connectivity index (χ3n) is 3.45. The summed E-state index contributed by atoms with van der Waals surface area (Å²) in [5, 5.41) is 8.75. The Labute approximate surface area is 85.4 Å². The van der Waals surface area contributed by atoms with Crippen molar-refractivity contribution in [1.29, 1.82) is 0 Å². The van der Waals surface area contributed by atoms with Gasteiger partial charge in [0.05, 0.1) is 13.2 Å². The third kappa shape index (κ3) is 2.27. The molecular formula is C11H20O3. The van der Waals surface area contributed by atoms with Crippen LogP contribution >= 0.6 is 0 Å². The van der Waals surface area contributed by atoms with Crippen LogP contribution in [0.15, 0.2) is 0 Å². The Morgan fingerprint density at radius 1 is 1.14 bits per heavy atom. The monoisotopic (exact) mass is 200 g/mol. The fourth-order valence-corrected chi connectivity index (χ4v) is 2.57. The maximum Gasteiger partial charge on any atom is 0.168 e. The average Bonchev–Trinajstić information content (AvgIpc) is 2.66. The molecule has 0 aromatic rings. The number of hydrogen-bond acceptors (Lipinski definition) is 3. The third-order valence-corrected chi connectivity index (χ3v) is 3.45. The molecule has 0 atom stereocenters. The molecule has 1 aliphatic carbocycles. The van der Waals surface area contributed by atoms with Crippen LogP contribution in [0.2, 0.25) is 0 Å². The van der Waals surface area contributed by atoms with E-state index in [1.807, 2.05) is 0 Å². The van der Waals surface area contributed by atoms with E-state index in [0.717, 1.165) is 44.8 Å². The fourth-order valence-electron chi connectivity index (χ4n) is 2.57. The minimum atomic E-state index is -0.213. The van der Waals surface area contributed by atoms with Gasteiger partial charge in [-0.3, -0.25) is 0 Å². The Morgan fingerprint density at radius 2 is 1.79 bits per heavy atom. The second-order valence-electron chi connectivity index (χ2n) is 4.42. The van der Waals surface area contributed by atoms with Gasteiger partial charge in [-0.2, -0.15) is 0 Å². The Hall–Kier alpha value is -0.120. The van der Waals surface area contributed by atoms with Gasteiger partial charge in [-0.1, -0.05) is 0 Å². The Kier molecular flexibility index (Phi) is 3.42. The van der Waals surface area contributed by atoms with E-state index in [1.165, 1.54) is 12.8 Å². The van der Waals surface area contributed by atoms with E-state index >= 15 is 0 Å². The molecule has 0 radical (unpaired) electrons. The largest absolute Gasteiger partial charge is 0.396 e. The number of aliphatic hydroxyl groups excluding tert-OH is 1. The molecule has 2 aliphatic rings. The predicted molar refractivity (Wildman–Crippen MR) is 52.9 cm³/mol. The maximum absolute atomic E-state index is 8.75. The van der Waals surface area contributed by atoms with E-state index < -0.39 is 0 Å². The van der Waals surface area contributed by atoms with Crippen LogP contribution < -0.4 is 0 Å². The molecular weight excluding hydrogens is 180 g/mol. The molecule has 3 nitrogen and oxygen atoms in total. The Morgan fingerprint density at radius 3 is 2.36 bits per heavy atom. The summed E-state index contributed by atoms with van der Waals surface area (Å²) in [6.45, 7) is 1.86. The lowest BCUT2D eigenvalue weighted by atomic mass is 9.82. The summed E-state index contributed by atoms with van der Waals surface area (Å²) in [7, 11) is 0. The topological polar surface area (TPSA) is 38.7 Å². The summed E-state index contributed by atoms with van der Waals surface area (Å²) < 4.78 is 11.3. The molecule has 2 fully saturated rings. The van der Waals surface area contributed by atoms with Crippen molar-refractivity contribution in [3.8, 4) is 0 Å². The summed E-state index contributed by atoms with van der Waals surface area (Å²) in [4.78, 5) is 0. The molecule has 0 unspecified atom stereocenters. The zero-order valence-electron chi connectivity index (χ0n) is 8.71. The minimum Gasteiger partial charge on any atom is -0.396 e. The lowest BCUT2D eigenvalue weighted by Gasteiger charge is -2.35. The molecule has 1 aliphatic heterocycles. The van der Waals surface area contributed by atoms with Crippen LogP contribution in [-0.4, -0.2) is 30.7 Å². The van der Waals surface area contributed by atoms with Gasteiger partial charge in [-0.25, -0.2) is 0 Å². The highest BCUT2D eigenvalue weighted by Gasteiger charge is 2.39. The van der Waals surface area contributed by atoms with E-state index in [0.29, 0.717) is 6.61 Å². The second kappa shape index (κ2) is 4.60. The summed E-state index contributed by atoms with van der Waals surface area (Å²) in [5.74, 6) is 0.566. The molecule has 2 rings (SSSR count). The maximum atomic E-state index is 8.75. The zero-order chi connectivity index (χ0) is 9.86. The smallest absolute Gasteiger partial charge is 0.168 e. The first-order valence-corrected chi connectivity index (χ1v) is 5.73. The van der Waals surface area contributed by atoms with Gasteiger partial charge in [-0.15, -0.1) is 0 Å². The molecule has 1 heterocycles. The Bertz CT molecular complexity index is 165. The van der Waals surface area contributed by atoms with Gasteiger partial charge < -0.3 is 14.6 Å². The first-order chi connectivity index (χ1) is 6.85. The molecule has 82 valence electrons. The molecule has 1 spiro atoms. The quantitative estimate of drug-likeness (QED) is 0.753. The van der Waals surface area contributed by atoms with Crippen LogP contribution in [0.3, 0.4) is 0 Å². The number of rotatable bonds is 3. The summed E-state index contributed by atoms with van der Waals surface area (Å²) in [6.07, 6.45) is 6.58. The first kappa shape index (κ1) is 10.4. The number of aliphatic hydroxyl groups is 1. The summed E-state index contributed by atoms with van der Waals surface area (Å²) >= 11 is 0. The molecule has 1 saturated heterocycles. The predicted octanol–water partition coefficient (Wildman–Crippen LogP) is 1.69. The first-order valence-electron chi connectivity index (χ1n) is 5.73. The van der Waals surface area contributed by atoms with E-state index in [1.54, 1.807) is 0 Å². The zero-order valence-corrected chi connectivity index (χ0v) is 8.71. The average molecular weight is 200 g/mol. The molecule has 0 aromatic heterocycles. The van der Waals surface area contributed by atoms with Crippen molar-refractivity contribution < 1.29 is 14.6 Å². The van der Waals surface area contributed by atoms with Crippen LogP contribution in [0.4, 0.5) is 0 Å². The van der Waals surface area contributed by atoms with Crippen LogP contribution in [0.1, 0.15) is 38.5 Å². The molecule has 1 N–H and O–H groups in total. The number of hydrogen-bond donors (Lipinski definition) is 1. The van der Waals surface area contributed by atoms with Gasteiger partial charge in [0, 0.05) is 19.4 Å². The van der Waals surface area contributed by atoms with Crippen LogP contribution in [0.25, 0.3) is 0 Å². The SMILES string of the molecule is OCCCC1CCC2(CC1)OCCO2. The molecule has 0 bridgehead atoms. The van der Waals surface area contributed by atoms with Crippen LogP contribution in [0, 0.1) is 5.92 Å². The standard InChI is InChI=1S/C11H20O3/c12-7-1-2-10-3-5-11(6-4-10)13-8-9-14-11/h10,12H,1-9H2. The molecule has 14 heavy (non-hydrogen) atoms. The molecule has 0 amide bonds. The van der Waals surface area contributed by atoms with Gasteiger partial charge in [0.25, 0.3) is 0 Å². The fraction of sp³-hybridized carbons (Fsp3) is 1.00. The van der Waals surface area contributed by atoms with Crippen molar-refractivity contribution in [3.05, 3.63) is 0 Å². The van der Waals surface area contributed by atoms with E-state index in [2.05, 4.69) is 0 Å². The number of ether oxygens (including phenoxy) is 2. The van der Waals surface area contributed by atoms with E-state index in [-0.39, 0.29) is 5.79 Å². The highest BCUT2D eigenvalue weighted by Crippen LogP contribution is 2.39. The van der Waals surface area contributed by atoms with Gasteiger partial charge in [-0.05, 0) is 31.6 Å². The minimum absolute atomic E-state index is 0.213. The molecule has 0 aromatic carbocycles. The second-order valence-corrected chi connectivity index (χ2v) is 4.42. The van der Waals surface area contributed by atoms with Crippen LogP contribution in [-0.2, 0) is 9.47 Å². The highest BCUT2D eigenvalue weighted by atomic mass is 16.7. The van der Waals surface area contributed by atoms with E-state index in [4.69, 9.17) is 14.6 Å². The summed E-state index contributed by atoms with van der Waals surface area (Å²) in [6, 6.07) is 0. The van der Waals surface area contributed by atoms with Gasteiger partial charge in [0.2, 0.25) is 0 Å². The van der Waals surface area contributed by atoms with E-state index in [9.17, 15) is 0 Å². The summed E-state index contributed by atoms with van der Waals surface area (Å²) in [5.41, 5.74) is 0.